The summed E-state index contributed by atoms with van der Waals surface area (Å²) < 4.78 is 80.4. The Morgan fingerprint density at radius 2 is 2.03 bits per heavy atom. The lowest BCUT2D eigenvalue weighted by Crippen LogP contribution is -2.62. The van der Waals surface area contributed by atoms with Crippen molar-refractivity contribution in [1.29, 1.82) is 0 Å². The monoisotopic (exact) mass is 456 g/mol. The molecule has 0 bridgehead atoms. The molecule has 1 fully saturated rings. The first kappa shape index (κ1) is 21.4. The molecular formula is C19H19F3N4O4S. The molecule has 8 nitrogen and oxygen atoms in total. The van der Waals surface area contributed by atoms with Gasteiger partial charge in [0.15, 0.2) is 5.75 Å². The predicted molar refractivity (Wildman–Crippen MR) is 104 cm³/mol. The van der Waals surface area contributed by atoms with Crippen LogP contribution in [0.25, 0.3) is 0 Å². The van der Waals surface area contributed by atoms with Crippen molar-refractivity contribution in [1.82, 2.24) is 9.29 Å². The molecule has 0 unspecified atom stereocenters. The number of fused-ring (bicyclic) bond motifs is 1. The van der Waals surface area contributed by atoms with Crippen LogP contribution in [0.1, 0.15) is 18.9 Å². The quantitative estimate of drug-likeness (QED) is 0.710. The van der Waals surface area contributed by atoms with E-state index in [1.54, 1.807) is 6.92 Å². The van der Waals surface area contributed by atoms with E-state index >= 15 is 0 Å². The zero-order chi connectivity index (χ0) is 22.6. The number of aliphatic imine (C=N–C) groups is 1. The summed E-state index contributed by atoms with van der Waals surface area (Å²) in [6.45, 7) is 1.46. The molecule has 2 aromatic rings. The second-order valence-corrected chi connectivity index (χ2v) is 9.59. The lowest BCUT2D eigenvalue weighted by Gasteiger charge is -2.47. The Balaban J connectivity index is 1.85. The molecule has 2 aliphatic rings. The summed E-state index contributed by atoms with van der Waals surface area (Å²) in [6.07, 6.45) is 0.324. The molecule has 0 saturated carbocycles. The number of nitrogens with two attached hydrogens (primary N) is 1. The average Bonchev–Trinajstić information content (AvgIpc) is 2.72. The van der Waals surface area contributed by atoms with Gasteiger partial charge in [-0.3, -0.25) is 0 Å². The topological polar surface area (TPSA) is 107 Å². The molecule has 0 radical (unpaired) electrons. The third kappa shape index (κ3) is 3.49. The van der Waals surface area contributed by atoms with Gasteiger partial charge in [0.1, 0.15) is 28.2 Å². The van der Waals surface area contributed by atoms with Crippen LogP contribution in [0.5, 0.6) is 11.5 Å². The molecule has 31 heavy (non-hydrogen) atoms. The van der Waals surface area contributed by atoms with Crippen molar-refractivity contribution < 1.29 is 31.1 Å². The number of benzene rings is 1. The standard InChI is InChI=1S/C19H19F3N4O4S/c1-10-5-16-19(9-29-10,25-18(23)26(2)31(16,27)28)13-7-12(3-4-14(13)21)30-15-6-11(20)8-24-17(15)22/h3-4,6-8,10,16H,5,9H2,1-2H3,(H2,23,25)/t10-,16+,19+/m0/s1. The minimum atomic E-state index is -3.98. The lowest BCUT2D eigenvalue weighted by atomic mass is 9.82. The largest absolute Gasteiger partial charge is 0.452 e. The molecule has 2 aliphatic heterocycles. The number of guanidine groups is 1. The van der Waals surface area contributed by atoms with E-state index in [9.17, 15) is 21.6 Å². The van der Waals surface area contributed by atoms with Crippen molar-refractivity contribution in [3.8, 4) is 11.5 Å². The van der Waals surface area contributed by atoms with Gasteiger partial charge < -0.3 is 15.2 Å². The Hall–Kier alpha value is -2.86. The summed E-state index contributed by atoms with van der Waals surface area (Å²) in [7, 11) is -2.71. The summed E-state index contributed by atoms with van der Waals surface area (Å²) in [5, 5.41) is -1.15. The van der Waals surface area contributed by atoms with Crippen LogP contribution >= 0.6 is 0 Å². The Morgan fingerprint density at radius 3 is 2.77 bits per heavy atom. The van der Waals surface area contributed by atoms with E-state index < -0.39 is 50.2 Å². The first-order chi connectivity index (χ1) is 14.5. The fourth-order valence-electron chi connectivity index (χ4n) is 3.81. The Kier molecular flexibility index (Phi) is 5.09. The molecular weight excluding hydrogens is 437 g/mol. The smallest absolute Gasteiger partial charge is 0.256 e. The molecule has 0 spiro atoms. The van der Waals surface area contributed by atoms with Crippen LogP contribution < -0.4 is 10.5 Å². The first-order valence-corrected chi connectivity index (χ1v) is 10.8. The summed E-state index contributed by atoms with van der Waals surface area (Å²) in [6, 6.07) is 4.19. The number of hydrogen-bond acceptors (Lipinski definition) is 7. The van der Waals surface area contributed by atoms with Gasteiger partial charge in [0.25, 0.3) is 5.95 Å². The number of pyridine rings is 1. The number of ether oxygens (including phenoxy) is 2. The maximum absolute atomic E-state index is 15.0. The average molecular weight is 456 g/mol. The van der Waals surface area contributed by atoms with Crippen molar-refractivity contribution in [2.24, 2.45) is 10.7 Å². The van der Waals surface area contributed by atoms with Crippen molar-refractivity contribution in [3.05, 3.63) is 53.6 Å². The number of aromatic nitrogens is 1. The number of rotatable bonds is 3. The van der Waals surface area contributed by atoms with Gasteiger partial charge in [0, 0.05) is 18.7 Å². The van der Waals surface area contributed by atoms with Gasteiger partial charge in [0.05, 0.1) is 18.9 Å². The highest BCUT2D eigenvalue weighted by molar-refractivity contribution is 7.90. The van der Waals surface area contributed by atoms with Crippen LogP contribution in [0, 0.1) is 17.6 Å². The van der Waals surface area contributed by atoms with E-state index in [1.807, 2.05) is 0 Å². The zero-order valence-electron chi connectivity index (χ0n) is 16.5. The van der Waals surface area contributed by atoms with Crippen LogP contribution in [0.2, 0.25) is 0 Å². The first-order valence-electron chi connectivity index (χ1n) is 9.28. The molecule has 4 rings (SSSR count). The van der Waals surface area contributed by atoms with Gasteiger partial charge in [-0.1, -0.05) is 0 Å². The van der Waals surface area contributed by atoms with E-state index in [-0.39, 0.29) is 30.3 Å². The summed E-state index contributed by atoms with van der Waals surface area (Å²) in [5.41, 5.74) is 4.03. The summed E-state index contributed by atoms with van der Waals surface area (Å²) in [4.78, 5) is 7.56. The van der Waals surface area contributed by atoms with Crippen molar-refractivity contribution in [3.63, 3.8) is 0 Å². The molecule has 12 heteroatoms. The molecule has 0 aliphatic carbocycles. The van der Waals surface area contributed by atoms with Gasteiger partial charge in [0.2, 0.25) is 16.0 Å². The molecule has 3 atom stereocenters. The fraction of sp³-hybridized carbons (Fsp3) is 0.368. The maximum atomic E-state index is 15.0. The van der Waals surface area contributed by atoms with Gasteiger partial charge in [-0.15, -0.1) is 0 Å². The third-order valence-electron chi connectivity index (χ3n) is 5.45. The van der Waals surface area contributed by atoms with E-state index in [0.717, 1.165) is 16.4 Å². The van der Waals surface area contributed by atoms with E-state index in [2.05, 4.69) is 9.98 Å². The molecule has 1 aromatic heterocycles. The minimum absolute atomic E-state index is 0.0520. The van der Waals surface area contributed by atoms with Crippen LogP contribution in [-0.2, 0) is 20.3 Å². The lowest BCUT2D eigenvalue weighted by molar-refractivity contribution is -0.0189. The summed E-state index contributed by atoms with van der Waals surface area (Å²) >= 11 is 0. The second-order valence-electron chi connectivity index (χ2n) is 7.44. The maximum Gasteiger partial charge on any atom is 0.256 e. The Labute approximate surface area is 176 Å². The SMILES string of the molecule is C[C@H]1C[C@@H]2[C@](c3cc(Oc4cc(F)cnc4F)ccc3F)(CO1)N=C(N)N(C)S2(=O)=O. The molecule has 1 aromatic carbocycles. The predicted octanol–water partition coefficient (Wildman–Crippen LogP) is 2.25. The fourth-order valence-corrected chi connectivity index (χ4v) is 5.75. The highest BCUT2D eigenvalue weighted by atomic mass is 32.2. The highest BCUT2D eigenvalue weighted by Crippen LogP contribution is 2.45. The number of sulfonamides is 1. The van der Waals surface area contributed by atoms with Crippen LogP contribution in [0.3, 0.4) is 0 Å². The number of hydrogen-bond donors (Lipinski definition) is 1. The number of halogens is 3. The number of nitrogens with zero attached hydrogens (tertiary/aromatic N) is 3. The Bertz CT molecular complexity index is 1180. The second kappa shape index (κ2) is 7.38. The van der Waals surface area contributed by atoms with Crippen molar-refractivity contribution in [2.45, 2.75) is 30.2 Å². The van der Waals surface area contributed by atoms with Gasteiger partial charge in [-0.05, 0) is 31.5 Å². The van der Waals surface area contributed by atoms with Crippen LogP contribution in [0.4, 0.5) is 13.2 Å². The van der Waals surface area contributed by atoms with Gasteiger partial charge in [-0.25, -0.2) is 31.5 Å². The highest BCUT2D eigenvalue weighted by Gasteiger charge is 2.57. The van der Waals surface area contributed by atoms with E-state index in [0.29, 0.717) is 6.20 Å². The van der Waals surface area contributed by atoms with E-state index in [4.69, 9.17) is 15.2 Å². The van der Waals surface area contributed by atoms with Gasteiger partial charge >= 0.3 is 0 Å². The van der Waals surface area contributed by atoms with Crippen molar-refractivity contribution in [2.75, 3.05) is 13.7 Å². The van der Waals surface area contributed by atoms with Crippen molar-refractivity contribution >= 4 is 16.0 Å². The third-order valence-corrected chi connectivity index (χ3v) is 7.70. The summed E-state index contributed by atoms with van der Waals surface area (Å²) in [5.74, 6) is -3.57. The molecule has 1 saturated heterocycles. The molecule has 166 valence electrons. The normalized spacial score (nSPS) is 27.4. The Morgan fingerprint density at radius 1 is 1.29 bits per heavy atom. The van der Waals surface area contributed by atoms with E-state index in [1.165, 1.54) is 19.2 Å². The zero-order valence-corrected chi connectivity index (χ0v) is 17.4. The molecule has 2 N–H and O–H groups in total. The van der Waals surface area contributed by atoms with Gasteiger partial charge in [-0.2, -0.15) is 4.39 Å². The van der Waals surface area contributed by atoms with Crippen LogP contribution in [0.15, 0.2) is 35.5 Å². The van der Waals surface area contributed by atoms with Crippen LogP contribution in [-0.4, -0.2) is 48.7 Å². The minimum Gasteiger partial charge on any atom is -0.452 e. The molecule has 3 heterocycles. The molecule has 0 amide bonds.